The molecule has 0 aliphatic heterocycles. The Hall–Kier alpha value is -2.08. The molecule has 0 aliphatic carbocycles. The molecule has 1 N–H and O–H groups in total. The van der Waals surface area contributed by atoms with E-state index in [1.165, 1.54) is 0 Å². The molecule has 0 spiro atoms. The summed E-state index contributed by atoms with van der Waals surface area (Å²) in [6.45, 7) is -0.269. The van der Waals surface area contributed by atoms with E-state index in [0.717, 1.165) is 18.3 Å². The largest absolute Gasteiger partial charge is 0.439 e. The highest BCUT2D eigenvalue weighted by molar-refractivity contribution is 5.36. The molecule has 1 aromatic carbocycles. The van der Waals surface area contributed by atoms with Gasteiger partial charge in [0.25, 0.3) is 0 Å². The first kappa shape index (κ1) is 13.4. The molecule has 0 amide bonds. The van der Waals surface area contributed by atoms with E-state index in [0.29, 0.717) is 5.56 Å². The molecular formula is C13H10F3NO2. The predicted molar refractivity (Wildman–Crippen MR) is 61.7 cm³/mol. The maximum absolute atomic E-state index is 12.5. The van der Waals surface area contributed by atoms with Crippen LogP contribution in [0.5, 0.6) is 11.6 Å². The van der Waals surface area contributed by atoms with E-state index in [-0.39, 0.29) is 18.2 Å². The molecule has 1 heterocycles. The van der Waals surface area contributed by atoms with Gasteiger partial charge in [-0.2, -0.15) is 13.2 Å². The van der Waals surface area contributed by atoms with Gasteiger partial charge in [-0.05, 0) is 12.1 Å². The van der Waals surface area contributed by atoms with Crippen LogP contribution in [0.4, 0.5) is 13.2 Å². The molecule has 0 unspecified atom stereocenters. The summed E-state index contributed by atoms with van der Waals surface area (Å²) in [5.41, 5.74) is -0.360. The minimum Gasteiger partial charge on any atom is -0.439 e. The second kappa shape index (κ2) is 5.27. The van der Waals surface area contributed by atoms with Gasteiger partial charge in [-0.15, -0.1) is 0 Å². The third-order valence-corrected chi connectivity index (χ3v) is 2.42. The molecule has 1 aromatic heterocycles. The summed E-state index contributed by atoms with van der Waals surface area (Å²) >= 11 is 0. The van der Waals surface area contributed by atoms with Gasteiger partial charge < -0.3 is 9.84 Å². The van der Waals surface area contributed by atoms with Crippen LogP contribution in [-0.4, -0.2) is 10.1 Å². The van der Waals surface area contributed by atoms with Crippen molar-refractivity contribution in [3.8, 4) is 11.6 Å². The van der Waals surface area contributed by atoms with Crippen LogP contribution in [0.15, 0.2) is 42.6 Å². The van der Waals surface area contributed by atoms with Crippen LogP contribution in [0.3, 0.4) is 0 Å². The zero-order valence-electron chi connectivity index (χ0n) is 9.69. The summed E-state index contributed by atoms with van der Waals surface area (Å²) in [5, 5.41) is 9.10. The van der Waals surface area contributed by atoms with Gasteiger partial charge in [0, 0.05) is 17.8 Å². The molecule has 0 saturated heterocycles. The maximum Gasteiger partial charge on any atom is 0.416 e. The number of pyridine rings is 1. The highest BCUT2D eigenvalue weighted by Crippen LogP contribution is 2.32. The predicted octanol–water partition coefficient (Wildman–Crippen LogP) is 3.39. The first-order valence-electron chi connectivity index (χ1n) is 5.40. The summed E-state index contributed by atoms with van der Waals surface area (Å²) in [5.74, 6) is 0.104. The number of aliphatic hydroxyl groups is 1. The average molecular weight is 269 g/mol. The van der Waals surface area contributed by atoms with Gasteiger partial charge in [0.15, 0.2) is 0 Å². The standard InChI is InChI=1S/C13H10F3NO2/c14-13(15,16)10-5-6-17-12(7-10)19-11-4-2-1-3-9(11)8-18/h1-7,18H,8H2. The fourth-order valence-electron chi connectivity index (χ4n) is 1.49. The van der Waals surface area contributed by atoms with Crippen LogP contribution >= 0.6 is 0 Å². The first-order valence-corrected chi connectivity index (χ1v) is 5.40. The van der Waals surface area contributed by atoms with Crippen molar-refractivity contribution in [2.24, 2.45) is 0 Å². The van der Waals surface area contributed by atoms with Crippen molar-refractivity contribution in [1.29, 1.82) is 0 Å². The molecule has 0 radical (unpaired) electrons. The van der Waals surface area contributed by atoms with E-state index in [4.69, 9.17) is 9.84 Å². The molecule has 0 atom stereocenters. The number of ether oxygens (including phenoxy) is 1. The molecule has 0 bridgehead atoms. The number of benzene rings is 1. The molecule has 2 rings (SSSR count). The summed E-state index contributed by atoms with van der Waals surface area (Å²) in [6, 6.07) is 8.19. The number of hydrogen-bond acceptors (Lipinski definition) is 3. The van der Waals surface area contributed by atoms with Gasteiger partial charge in [0.2, 0.25) is 5.88 Å². The molecule has 0 fully saturated rings. The Balaban J connectivity index is 2.29. The third-order valence-electron chi connectivity index (χ3n) is 2.42. The minimum atomic E-state index is -4.45. The topological polar surface area (TPSA) is 42.4 Å². The normalized spacial score (nSPS) is 11.4. The van der Waals surface area contributed by atoms with E-state index in [1.807, 2.05) is 0 Å². The maximum atomic E-state index is 12.5. The van der Waals surface area contributed by atoms with E-state index >= 15 is 0 Å². The van der Waals surface area contributed by atoms with Crippen molar-refractivity contribution < 1.29 is 23.0 Å². The van der Waals surface area contributed by atoms with Crippen molar-refractivity contribution in [3.05, 3.63) is 53.7 Å². The Labute approximate surface area is 107 Å². The second-order valence-corrected chi connectivity index (χ2v) is 3.75. The van der Waals surface area contributed by atoms with Crippen LogP contribution < -0.4 is 4.74 Å². The van der Waals surface area contributed by atoms with Crippen molar-refractivity contribution >= 4 is 0 Å². The lowest BCUT2D eigenvalue weighted by atomic mass is 10.2. The van der Waals surface area contributed by atoms with Crippen molar-refractivity contribution in [2.75, 3.05) is 0 Å². The quantitative estimate of drug-likeness (QED) is 0.928. The van der Waals surface area contributed by atoms with Gasteiger partial charge >= 0.3 is 6.18 Å². The van der Waals surface area contributed by atoms with Gasteiger partial charge in [-0.3, -0.25) is 0 Å². The smallest absolute Gasteiger partial charge is 0.416 e. The first-order chi connectivity index (χ1) is 9.00. The summed E-state index contributed by atoms with van der Waals surface area (Å²) in [4.78, 5) is 3.72. The number of nitrogens with zero attached hydrogens (tertiary/aromatic N) is 1. The number of aliphatic hydroxyl groups excluding tert-OH is 1. The molecule has 6 heteroatoms. The molecular weight excluding hydrogens is 259 g/mol. The number of hydrogen-bond donors (Lipinski definition) is 1. The Bertz CT molecular complexity index is 570. The van der Waals surface area contributed by atoms with E-state index in [9.17, 15) is 13.2 Å². The van der Waals surface area contributed by atoms with Crippen molar-refractivity contribution in [2.45, 2.75) is 12.8 Å². The lowest BCUT2D eigenvalue weighted by Gasteiger charge is -2.10. The van der Waals surface area contributed by atoms with Crippen LogP contribution in [0, 0.1) is 0 Å². The third kappa shape index (κ3) is 3.23. The molecule has 19 heavy (non-hydrogen) atoms. The summed E-state index contributed by atoms with van der Waals surface area (Å²) in [6.07, 6.45) is -3.42. The SMILES string of the molecule is OCc1ccccc1Oc1cc(C(F)(F)F)ccn1. The highest BCUT2D eigenvalue weighted by Gasteiger charge is 2.31. The lowest BCUT2D eigenvalue weighted by molar-refractivity contribution is -0.137. The number of para-hydroxylation sites is 1. The minimum absolute atomic E-state index is 0.171. The number of halogens is 3. The highest BCUT2D eigenvalue weighted by atomic mass is 19.4. The average Bonchev–Trinajstić information content (AvgIpc) is 2.39. The monoisotopic (exact) mass is 269 g/mol. The lowest BCUT2D eigenvalue weighted by Crippen LogP contribution is -2.05. The Kier molecular flexibility index (Phi) is 3.71. The second-order valence-electron chi connectivity index (χ2n) is 3.75. The molecule has 100 valence electrons. The van der Waals surface area contributed by atoms with Crippen LogP contribution in [0.25, 0.3) is 0 Å². The number of aromatic nitrogens is 1. The Morgan fingerprint density at radius 2 is 1.89 bits per heavy atom. The van der Waals surface area contributed by atoms with Gasteiger partial charge in [0.05, 0.1) is 12.2 Å². The fraction of sp³-hybridized carbons (Fsp3) is 0.154. The van der Waals surface area contributed by atoms with Crippen LogP contribution in [0.2, 0.25) is 0 Å². The fourth-order valence-corrected chi connectivity index (χ4v) is 1.49. The molecule has 0 aliphatic rings. The molecule has 0 saturated carbocycles. The summed E-state index contributed by atoms with van der Waals surface area (Å²) < 4.78 is 42.9. The number of alkyl halides is 3. The van der Waals surface area contributed by atoms with Gasteiger partial charge in [0.1, 0.15) is 5.75 Å². The van der Waals surface area contributed by atoms with Gasteiger partial charge in [-0.1, -0.05) is 18.2 Å². The Morgan fingerprint density at radius 1 is 1.16 bits per heavy atom. The molecule has 3 nitrogen and oxygen atoms in total. The Morgan fingerprint density at radius 3 is 2.58 bits per heavy atom. The van der Waals surface area contributed by atoms with E-state index in [2.05, 4.69) is 4.98 Å². The van der Waals surface area contributed by atoms with Crippen molar-refractivity contribution in [3.63, 3.8) is 0 Å². The van der Waals surface area contributed by atoms with Crippen LogP contribution in [0.1, 0.15) is 11.1 Å². The zero-order chi connectivity index (χ0) is 13.9. The zero-order valence-corrected chi connectivity index (χ0v) is 9.69. The van der Waals surface area contributed by atoms with E-state index in [1.54, 1.807) is 24.3 Å². The molecule has 2 aromatic rings. The van der Waals surface area contributed by atoms with Crippen LogP contribution in [-0.2, 0) is 12.8 Å². The number of rotatable bonds is 3. The summed E-state index contributed by atoms with van der Waals surface area (Å²) in [7, 11) is 0. The van der Waals surface area contributed by atoms with Gasteiger partial charge in [-0.25, -0.2) is 4.98 Å². The van der Waals surface area contributed by atoms with Crippen molar-refractivity contribution in [1.82, 2.24) is 4.98 Å². The van der Waals surface area contributed by atoms with E-state index < -0.39 is 11.7 Å².